The maximum atomic E-state index is 12.3. The first kappa shape index (κ1) is 18.2. The third-order valence-electron chi connectivity index (χ3n) is 4.31. The molecule has 0 aromatic heterocycles. The van der Waals surface area contributed by atoms with Gasteiger partial charge in [-0.2, -0.15) is 0 Å². The predicted molar refractivity (Wildman–Crippen MR) is 95.5 cm³/mol. The number of nitrogens with one attached hydrogen (secondary N) is 2. The highest BCUT2D eigenvalue weighted by Gasteiger charge is 2.19. The summed E-state index contributed by atoms with van der Waals surface area (Å²) in [6, 6.07) is 11.2. The minimum Gasteiger partial charge on any atom is -0.454 e. The van der Waals surface area contributed by atoms with Crippen LogP contribution in [-0.2, 0) is 10.0 Å². The quantitative estimate of drug-likeness (QED) is 0.756. The fraction of sp³-hybridized carbons (Fsp3) is 0.278. The Labute approximate surface area is 152 Å². The predicted octanol–water partition coefficient (Wildman–Crippen LogP) is 2.55. The number of ether oxygens (including phenoxy) is 2. The average Bonchev–Trinajstić information content (AvgIpc) is 3.13. The Balaban J connectivity index is 1.67. The normalized spacial score (nSPS) is 14.1. The number of hydrogen-bond donors (Lipinski definition) is 2. The summed E-state index contributed by atoms with van der Waals surface area (Å²) in [5.41, 5.74) is 3.52. The molecule has 0 unspecified atom stereocenters. The van der Waals surface area contributed by atoms with Gasteiger partial charge in [-0.05, 0) is 48.2 Å². The second kappa shape index (κ2) is 7.35. The van der Waals surface area contributed by atoms with Crippen LogP contribution in [0.25, 0.3) is 0 Å². The van der Waals surface area contributed by atoms with Crippen molar-refractivity contribution in [1.82, 2.24) is 10.3 Å². The summed E-state index contributed by atoms with van der Waals surface area (Å²) in [4.78, 5) is 14.4. The number of fused-ring (bicyclic) bond motifs is 1. The first-order chi connectivity index (χ1) is 12.4. The minimum atomic E-state index is -3.86. The third kappa shape index (κ3) is 3.81. The smallest absolute Gasteiger partial charge is 0.266 e. The maximum Gasteiger partial charge on any atom is 0.266 e. The van der Waals surface area contributed by atoms with E-state index >= 15 is 0 Å². The van der Waals surface area contributed by atoms with Gasteiger partial charge in [-0.25, -0.2) is 8.42 Å². The molecule has 8 heteroatoms. The Bertz CT molecular complexity index is 910. The number of hydrogen-bond acceptors (Lipinski definition) is 5. The maximum absolute atomic E-state index is 12.3. The number of hydrazine groups is 1. The third-order valence-corrected chi connectivity index (χ3v) is 5.57. The van der Waals surface area contributed by atoms with Gasteiger partial charge < -0.3 is 9.47 Å². The lowest BCUT2D eigenvalue weighted by atomic mass is 9.99. The Morgan fingerprint density at radius 3 is 2.50 bits per heavy atom. The lowest BCUT2D eigenvalue weighted by molar-refractivity contribution is 0.0944. The van der Waals surface area contributed by atoms with E-state index in [4.69, 9.17) is 9.47 Å². The standard InChI is InChI=1S/C18H20N2O5S/c1-3-12(2)13-4-7-15(8-5-13)26(22,23)20-19-18(21)14-6-9-16-17(10-14)25-11-24-16/h4-10,12,20H,3,11H2,1-2H3,(H,19,21)/t12-/m1/s1. The van der Waals surface area contributed by atoms with E-state index in [2.05, 4.69) is 24.1 Å². The second-order valence-corrected chi connectivity index (χ2v) is 7.69. The first-order valence-electron chi connectivity index (χ1n) is 8.22. The molecule has 2 N–H and O–H groups in total. The highest BCUT2D eigenvalue weighted by atomic mass is 32.2. The van der Waals surface area contributed by atoms with Gasteiger partial charge in [0, 0.05) is 5.56 Å². The van der Waals surface area contributed by atoms with Gasteiger partial charge in [0.15, 0.2) is 11.5 Å². The van der Waals surface area contributed by atoms with Crippen LogP contribution in [-0.4, -0.2) is 21.1 Å². The van der Waals surface area contributed by atoms with Gasteiger partial charge in [0.2, 0.25) is 6.79 Å². The van der Waals surface area contributed by atoms with Crippen LogP contribution < -0.4 is 19.7 Å². The van der Waals surface area contributed by atoms with Crippen molar-refractivity contribution in [1.29, 1.82) is 0 Å². The molecule has 1 heterocycles. The number of sulfonamides is 1. The first-order valence-corrected chi connectivity index (χ1v) is 9.71. The second-order valence-electron chi connectivity index (χ2n) is 6.01. The SMILES string of the molecule is CC[C@@H](C)c1ccc(S(=O)(=O)NNC(=O)c2ccc3c(c2)OCO3)cc1. The van der Waals surface area contributed by atoms with E-state index in [-0.39, 0.29) is 17.3 Å². The Kier molecular flexibility index (Phi) is 5.15. The summed E-state index contributed by atoms with van der Waals surface area (Å²) in [6.07, 6.45) is 0.968. The zero-order valence-electron chi connectivity index (χ0n) is 14.5. The molecule has 1 aliphatic rings. The van der Waals surface area contributed by atoms with Gasteiger partial charge in [0.1, 0.15) is 0 Å². The van der Waals surface area contributed by atoms with E-state index in [0.717, 1.165) is 12.0 Å². The molecule has 26 heavy (non-hydrogen) atoms. The summed E-state index contributed by atoms with van der Waals surface area (Å²) in [6.45, 7) is 4.25. The van der Waals surface area contributed by atoms with Crippen LogP contribution in [0, 0.1) is 0 Å². The summed E-state index contributed by atoms with van der Waals surface area (Å²) in [5, 5.41) is 0. The van der Waals surface area contributed by atoms with Crippen molar-refractivity contribution in [2.75, 3.05) is 6.79 Å². The van der Waals surface area contributed by atoms with Gasteiger partial charge in [-0.3, -0.25) is 10.2 Å². The zero-order valence-corrected chi connectivity index (χ0v) is 15.3. The molecular formula is C18H20N2O5S. The summed E-state index contributed by atoms with van der Waals surface area (Å²) >= 11 is 0. The summed E-state index contributed by atoms with van der Waals surface area (Å²) < 4.78 is 35.0. The topological polar surface area (TPSA) is 93.7 Å². The van der Waals surface area contributed by atoms with Crippen molar-refractivity contribution in [3.63, 3.8) is 0 Å². The molecule has 0 bridgehead atoms. The average molecular weight is 376 g/mol. The molecule has 2 aromatic rings. The summed E-state index contributed by atoms with van der Waals surface area (Å²) in [5.74, 6) is 0.748. The molecule has 0 fully saturated rings. The Hall–Kier alpha value is -2.58. The molecule has 0 saturated carbocycles. The van der Waals surface area contributed by atoms with Gasteiger partial charge in [-0.1, -0.05) is 26.0 Å². The molecule has 0 radical (unpaired) electrons. The number of benzene rings is 2. The molecule has 2 aromatic carbocycles. The van der Waals surface area contributed by atoms with Crippen LogP contribution in [0.4, 0.5) is 0 Å². The van der Waals surface area contributed by atoms with Gasteiger partial charge in [0.25, 0.3) is 15.9 Å². The van der Waals surface area contributed by atoms with Crippen molar-refractivity contribution in [3.05, 3.63) is 53.6 Å². The Morgan fingerprint density at radius 2 is 1.81 bits per heavy atom. The van der Waals surface area contributed by atoms with Crippen LogP contribution in [0.3, 0.4) is 0 Å². The fourth-order valence-electron chi connectivity index (χ4n) is 2.49. The molecule has 1 amide bonds. The van der Waals surface area contributed by atoms with Crippen LogP contribution >= 0.6 is 0 Å². The monoisotopic (exact) mass is 376 g/mol. The molecule has 1 aliphatic heterocycles. The van der Waals surface area contributed by atoms with E-state index < -0.39 is 15.9 Å². The van der Waals surface area contributed by atoms with Gasteiger partial charge >= 0.3 is 0 Å². The van der Waals surface area contributed by atoms with Crippen molar-refractivity contribution in [2.24, 2.45) is 0 Å². The molecule has 138 valence electrons. The van der Waals surface area contributed by atoms with E-state index in [0.29, 0.717) is 17.4 Å². The van der Waals surface area contributed by atoms with E-state index in [1.54, 1.807) is 18.2 Å². The molecular weight excluding hydrogens is 356 g/mol. The largest absolute Gasteiger partial charge is 0.454 e. The van der Waals surface area contributed by atoms with Crippen molar-refractivity contribution in [3.8, 4) is 11.5 Å². The van der Waals surface area contributed by atoms with Crippen molar-refractivity contribution < 1.29 is 22.7 Å². The number of carbonyl (C=O) groups excluding carboxylic acids is 1. The van der Waals surface area contributed by atoms with Crippen LogP contribution in [0.1, 0.15) is 42.1 Å². The Morgan fingerprint density at radius 1 is 1.12 bits per heavy atom. The molecule has 0 saturated heterocycles. The molecule has 0 spiro atoms. The highest BCUT2D eigenvalue weighted by molar-refractivity contribution is 7.89. The number of carbonyl (C=O) groups is 1. The molecule has 7 nitrogen and oxygen atoms in total. The molecule has 0 aliphatic carbocycles. The minimum absolute atomic E-state index is 0.0792. The van der Waals surface area contributed by atoms with Gasteiger partial charge in [-0.15, -0.1) is 4.83 Å². The number of amides is 1. The van der Waals surface area contributed by atoms with Crippen molar-refractivity contribution in [2.45, 2.75) is 31.1 Å². The molecule has 3 rings (SSSR count). The lowest BCUT2D eigenvalue weighted by Gasteiger charge is -2.11. The van der Waals surface area contributed by atoms with E-state index in [9.17, 15) is 13.2 Å². The van der Waals surface area contributed by atoms with Gasteiger partial charge in [0.05, 0.1) is 4.90 Å². The lowest BCUT2D eigenvalue weighted by Crippen LogP contribution is -2.41. The highest BCUT2D eigenvalue weighted by Crippen LogP contribution is 2.32. The van der Waals surface area contributed by atoms with Crippen LogP contribution in [0.5, 0.6) is 11.5 Å². The van der Waals surface area contributed by atoms with E-state index in [1.165, 1.54) is 24.3 Å². The summed E-state index contributed by atoms with van der Waals surface area (Å²) in [7, 11) is -3.86. The fourth-order valence-corrected chi connectivity index (χ4v) is 3.33. The van der Waals surface area contributed by atoms with Crippen LogP contribution in [0.2, 0.25) is 0 Å². The van der Waals surface area contributed by atoms with E-state index in [1.807, 2.05) is 0 Å². The van der Waals surface area contributed by atoms with Crippen molar-refractivity contribution >= 4 is 15.9 Å². The van der Waals surface area contributed by atoms with Crippen LogP contribution in [0.15, 0.2) is 47.4 Å². The molecule has 1 atom stereocenters. The zero-order chi connectivity index (χ0) is 18.7. The number of rotatable bonds is 6.